The lowest BCUT2D eigenvalue weighted by Crippen LogP contribution is -2.43. The van der Waals surface area contributed by atoms with Crippen LogP contribution < -0.4 is 5.73 Å². The second-order valence-corrected chi connectivity index (χ2v) is 4.94. The van der Waals surface area contributed by atoms with Crippen LogP contribution in [0.1, 0.15) is 23.2 Å². The molecule has 21 heavy (non-hydrogen) atoms. The van der Waals surface area contributed by atoms with Crippen LogP contribution in [0, 0.1) is 17.6 Å². The number of anilines is 1. The summed E-state index contributed by atoms with van der Waals surface area (Å²) in [6.07, 6.45) is 1.15. The van der Waals surface area contributed by atoms with Crippen molar-refractivity contribution in [1.29, 1.82) is 0 Å². The van der Waals surface area contributed by atoms with Gasteiger partial charge in [0.25, 0.3) is 5.91 Å². The smallest absolute Gasteiger partial charge is 0.310 e. The van der Waals surface area contributed by atoms with Crippen molar-refractivity contribution in [2.24, 2.45) is 5.92 Å². The minimum Gasteiger partial charge on any atom is -0.469 e. The summed E-state index contributed by atoms with van der Waals surface area (Å²) in [6, 6.07) is 2.02. The molecule has 1 atom stereocenters. The molecule has 5 nitrogen and oxygen atoms in total. The first kappa shape index (κ1) is 15.2. The third-order valence-corrected chi connectivity index (χ3v) is 3.58. The Balaban J connectivity index is 2.24. The van der Waals surface area contributed by atoms with Gasteiger partial charge < -0.3 is 15.4 Å². The number of piperidine rings is 1. The topological polar surface area (TPSA) is 72.6 Å². The number of rotatable bonds is 2. The maximum absolute atomic E-state index is 13.9. The molecule has 0 spiro atoms. The minimum absolute atomic E-state index is 0.0825. The lowest BCUT2D eigenvalue weighted by molar-refractivity contribution is -0.146. The Labute approximate surface area is 120 Å². The summed E-state index contributed by atoms with van der Waals surface area (Å²) in [4.78, 5) is 25.1. The lowest BCUT2D eigenvalue weighted by Gasteiger charge is -2.31. The summed E-state index contributed by atoms with van der Waals surface area (Å²) in [5.41, 5.74) is 4.40. The van der Waals surface area contributed by atoms with Gasteiger partial charge in [0.1, 0.15) is 11.4 Å². The average Bonchev–Trinajstić information content (AvgIpc) is 2.50. The van der Waals surface area contributed by atoms with Gasteiger partial charge in [0.2, 0.25) is 0 Å². The van der Waals surface area contributed by atoms with Crippen molar-refractivity contribution < 1.29 is 23.1 Å². The first-order valence-electron chi connectivity index (χ1n) is 6.56. The molecule has 114 valence electrons. The van der Waals surface area contributed by atoms with E-state index in [-0.39, 0.29) is 12.2 Å². The SMILES string of the molecule is COC(=O)C1CCCN(C(=O)c2c(F)ccc(N)c2F)C1. The standard InChI is InChI=1S/C14H16F2N2O3/c1-21-14(20)8-3-2-6-18(7-8)13(19)11-9(15)4-5-10(17)12(11)16/h4-5,8H,2-3,6-7,17H2,1H3. The highest BCUT2D eigenvalue weighted by molar-refractivity contribution is 5.96. The second-order valence-electron chi connectivity index (χ2n) is 4.94. The van der Waals surface area contributed by atoms with Crippen molar-refractivity contribution >= 4 is 17.6 Å². The molecule has 0 saturated carbocycles. The number of nitrogen functional groups attached to an aromatic ring is 1. The van der Waals surface area contributed by atoms with Crippen LogP contribution in [0.5, 0.6) is 0 Å². The molecule has 1 aromatic carbocycles. The van der Waals surface area contributed by atoms with Crippen LogP contribution in [0.25, 0.3) is 0 Å². The fraction of sp³-hybridized carbons (Fsp3) is 0.429. The highest BCUT2D eigenvalue weighted by Crippen LogP contribution is 2.24. The van der Waals surface area contributed by atoms with Crippen LogP contribution in [-0.4, -0.2) is 37.0 Å². The number of ether oxygens (including phenoxy) is 1. The summed E-state index contributed by atoms with van der Waals surface area (Å²) < 4.78 is 32.3. The molecule has 1 amide bonds. The normalized spacial score (nSPS) is 18.4. The van der Waals surface area contributed by atoms with E-state index in [1.54, 1.807) is 0 Å². The maximum Gasteiger partial charge on any atom is 0.310 e. The summed E-state index contributed by atoms with van der Waals surface area (Å²) in [5, 5.41) is 0. The molecule has 2 rings (SSSR count). The van der Waals surface area contributed by atoms with Crippen LogP contribution in [0.15, 0.2) is 12.1 Å². The molecule has 2 N–H and O–H groups in total. The largest absolute Gasteiger partial charge is 0.469 e. The highest BCUT2D eigenvalue weighted by atomic mass is 19.1. The zero-order chi connectivity index (χ0) is 15.6. The zero-order valence-electron chi connectivity index (χ0n) is 11.6. The van der Waals surface area contributed by atoms with E-state index in [0.29, 0.717) is 19.4 Å². The predicted molar refractivity (Wildman–Crippen MR) is 71.4 cm³/mol. The molecule has 0 radical (unpaired) electrons. The van der Waals surface area contributed by atoms with Crippen molar-refractivity contribution in [2.75, 3.05) is 25.9 Å². The van der Waals surface area contributed by atoms with E-state index in [9.17, 15) is 18.4 Å². The summed E-state index contributed by atoms with van der Waals surface area (Å²) in [7, 11) is 1.26. The third-order valence-electron chi connectivity index (χ3n) is 3.58. The Morgan fingerprint density at radius 1 is 1.38 bits per heavy atom. The molecule has 0 aliphatic carbocycles. The summed E-state index contributed by atoms with van der Waals surface area (Å²) in [6.45, 7) is 0.416. The van der Waals surface area contributed by atoms with Crippen LogP contribution in [-0.2, 0) is 9.53 Å². The van der Waals surface area contributed by atoms with Gasteiger partial charge in [-0.05, 0) is 25.0 Å². The number of carbonyl (C=O) groups excluding carboxylic acids is 2. The van der Waals surface area contributed by atoms with Crippen LogP contribution in [0.3, 0.4) is 0 Å². The van der Waals surface area contributed by atoms with E-state index in [4.69, 9.17) is 5.73 Å². The number of carbonyl (C=O) groups is 2. The molecule has 1 heterocycles. The van der Waals surface area contributed by atoms with Gasteiger partial charge in [0, 0.05) is 13.1 Å². The molecule has 0 aromatic heterocycles. The fourth-order valence-corrected chi connectivity index (χ4v) is 2.44. The van der Waals surface area contributed by atoms with Gasteiger partial charge in [-0.15, -0.1) is 0 Å². The Hall–Kier alpha value is -2.18. The quantitative estimate of drug-likeness (QED) is 0.664. The van der Waals surface area contributed by atoms with Gasteiger partial charge in [-0.3, -0.25) is 9.59 Å². The molecule has 1 aliphatic rings. The van der Waals surface area contributed by atoms with Crippen molar-refractivity contribution in [3.8, 4) is 0 Å². The number of hydrogen-bond acceptors (Lipinski definition) is 4. The molecule has 0 bridgehead atoms. The van der Waals surface area contributed by atoms with E-state index in [1.165, 1.54) is 12.0 Å². The summed E-state index contributed by atoms with van der Waals surface area (Å²) in [5.74, 6) is -3.74. The van der Waals surface area contributed by atoms with Gasteiger partial charge in [-0.1, -0.05) is 0 Å². The van der Waals surface area contributed by atoms with Crippen molar-refractivity contribution in [3.63, 3.8) is 0 Å². The number of halogens is 2. The average molecular weight is 298 g/mol. The predicted octanol–water partition coefficient (Wildman–Crippen LogP) is 1.57. The number of hydrogen-bond donors (Lipinski definition) is 1. The molecule has 1 unspecified atom stereocenters. The fourth-order valence-electron chi connectivity index (χ4n) is 2.44. The molecule has 1 fully saturated rings. The molecule has 7 heteroatoms. The second kappa shape index (κ2) is 6.07. The molecule has 1 aromatic rings. The first-order valence-corrected chi connectivity index (χ1v) is 6.56. The van der Waals surface area contributed by atoms with Gasteiger partial charge in [0.05, 0.1) is 18.7 Å². The number of likely N-dealkylation sites (tertiary alicyclic amines) is 1. The van der Waals surface area contributed by atoms with Crippen molar-refractivity contribution in [3.05, 3.63) is 29.3 Å². The van der Waals surface area contributed by atoms with E-state index >= 15 is 0 Å². The van der Waals surface area contributed by atoms with E-state index < -0.39 is 35.0 Å². The van der Waals surface area contributed by atoms with Gasteiger partial charge in [-0.2, -0.15) is 0 Å². The Morgan fingerprint density at radius 3 is 2.76 bits per heavy atom. The van der Waals surface area contributed by atoms with Crippen molar-refractivity contribution in [1.82, 2.24) is 4.90 Å². The van der Waals surface area contributed by atoms with E-state index in [2.05, 4.69) is 4.74 Å². The van der Waals surface area contributed by atoms with E-state index in [0.717, 1.165) is 12.1 Å². The molecular formula is C14H16F2N2O3. The molecule has 1 saturated heterocycles. The number of benzene rings is 1. The Kier molecular flexibility index (Phi) is 4.40. The van der Waals surface area contributed by atoms with Gasteiger partial charge in [-0.25, -0.2) is 8.78 Å². The zero-order valence-corrected chi connectivity index (χ0v) is 11.6. The highest BCUT2D eigenvalue weighted by Gasteiger charge is 2.32. The monoisotopic (exact) mass is 298 g/mol. The van der Waals surface area contributed by atoms with Crippen LogP contribution in [0.4, 0.5) is 14.5 Å². The third kappa shape index (κ3) is 2.96. The Morgan fingerprint density at radius 2 is 2.10 bits per heavy atom. The lowest BCUT2D eigenvalue weighted by atomic mass is 9.97. The number of methoxy groups -OCH3 is 1. The number of nitrogens with zero attached hydrogens (tertiary/aromatic N) is 1. The Bertz CT molecular complexity index is 578. The number of nitrogens with two attached hydrogens (primary N) is 1. The van der Waals surface area contributed by atoms with E-state index in [1.807, 2.05) is 0 Å². The van der Waals surface area contributed by atoms with Gasteiger partial charge in [0.15, 0.2) is 5.82 Å². The molecule has 1 aliphatic heterocycles. The minimum atomic E-state index is -1.07. The number of esters is 1. The van der Waals surface area contributed by atoms with Gasteiger partial charge >= 0.3 is 5.97 Å². The number of amides is 1. The first-order chi connectivity index (χ1) is 9.95. The van der Waals surface area contributed by atoms with Crippen LogP contribution in [0.2, 0.25) is 0 Å². The van der Waals surface area contributed by atoms with Crippen LogP contribution >= 0.6 is 0 Å². The molecular weight excluding hydrogens is 282 g/mol. The summed E-state index contributed by atoms with van der Waals surface area (Å²) >= 11 is 0. The maximum atomic E-state index is 13.9. The van der Waals surface area contributed by atoms with Crippen molar-refractivity contribution in [2.45, 2.75) is 12.8 Å².